The Balaban J connectivity index is 2.36. The minimum atomic E-state index is -0.153. The van der Waals surface area contributed by atoms with Gasteiger partial charge in [0.15, 0.2) is 0 Å². The highest BCUT2D eigenvalue weighted by Gasteiger charge is 1.89. The average molecular weight is 142 g/mol. The number of hydrogen-bond donors (Lipinski definition) is 2. The van der Waals surface area contributed by atoms with Crippen LogP contribution in [0.1, 0.15) is 0 Å². The SMILES string of the molecule is OCC=C[SH]1C=CC=C1. The summed E-state index contributed by atoms with van der Waals surface area (Å²) in [5, 5.41) is 14.7. The predicted octanol–water partition coefficient (Wildman–Crippen LogP) is 1.53. The van der Waals surface area contributed by atoms with Gasteiger partial charge in [-0.3, -0.25) is 0 Å². The smallest absolute Gasteiger partial charge is 0.0619 e. The lowest BCUT2D eigenvalue weighted by molar-refractivity contribution is 0.343. The lowest BCUT2D eigenvalue weighted by atomic mass is 10.6. The van der Waals surface area contributed by atoms with Crippen molar-refractivity contribution in [1.82, 2.24) is 0 Å². The first kappa shape index (κ1) is 6.65. The van der Waals surface area contributed by atoms with Gasteiger partial charge in [-0.15, -0.1) is 0 Å². The molecule has 0 unspecified atom stereocenters. The fourth-order valence-electron chi connectivity index (χ4n) is 0.616. The first-order valence-corrected chi connectivity index (χ1v) is 4.38. The van der Waals surface area contributed by atoms with Gasteiger partial charge in [0.05, 0.1) is 6.61 Å². The Morgan fingerprint density at radius 1 is 1.33 bits per heavy atom. The largest absolute Gasteiger partial charge is 0.392 e. The van der Waals surface area contributed by atoms with Crippen LogP contribution in [0.5, 0.6) is 0 Å². The zero-order chi connectivity index (χ0) is 6.53. The molecule has 0 aliphatic carbocycles. The maximum Gasteiger partial charge on any atom is 0.0619 e. The molecule has 0 aromatic carbocycles. The minimum Gasteiger partial charge on any atom is -0.392 e. The van der Waals surface area contributed by atoms with Crippen LogP contribution in [0.15, 0.2) is 34.5 Å². The Labute approximate surface area is 57.7 Å². The van der Waals surface area contributed by atoms with E-state index < -0.39 is 0 Å². The highest BCUT2D eigenvalue weighted by atomic mass is 32.2. The quantitative estimate of drug-likeness (QED) is 0.560. The second kappa shape index (κ2) is 3.54. The molecule has 1 aliphatic heterocycles. The monoisotopic (exact) mass is 142 g/mol. The first-order valence-electron chi connectivity index (χ1n) is 2.83. The van der Waals surface area contributed by atoms with Gasteiger partial charge in [-0.1, -0.05) is 18.2 Å². The molecule has 0 fully saturated rings. The second-order valence-corrected chi connectivity index (χ2v) is 3.49. The third-order valence-corrected chi connectivity index (χ3v) is 2.60. The summed E-state index contributed by atoms with van der Waals surface area (Å²) in [4.78, 5) is 0. The van der Waals surface area contributed by atoms with E-state index in [0.29, 0.717) is 0 Å². The van der Waals surface area contributed by atoms with Crippen LogP contribution in [-0.4, -0.2) is 11.7 Å². The van der Waals surface area contributed by atoms with E-state index in [9.17, 15) is 0 Å². The summed E-state index contributed by atoms with van der Waals surface area (Å²) in [6, 6.07) is 0. The van der Waals surface area contributed by atoms with Crippen LogP contribution in [0.25, 0.3) is 0 Å². The van der Waals surface area contributed by atoms with Crippen molar-refractivity contribution in [2.75, 3.05) is 6.61 Å². The molecule has 0 bridgehead atoms. The molecule has 0 spiro atoms. The van der Waals surface area contributed by atoms with Crippen LogP contribution in [0, 0.1) is 0 Å². The van der Waals surface area contributed by atoms with Crippen LogP contribution in [-0.2, 0) is 0 Å². The zero-order valence-electron chi connectivity index (χ0n) is 5.07. The molecule has 1 heterocycles. The summed E-state index contributed by atoms with van der Waals surface area (Å²) in [7, 11) is -0.153. The average Bonchev–Trinajstić information content (AvgIpc) is 2.34. The molecule has 1 nitrogen and oxygen atoms in total. The van der Waals surface area contributed by atoms with Crippen molar-refractivity contribution >= 4 is 10.9 Å². The Hall–Kier alpha value is -0.470. The topological polar surface area (TPSA) is 20.2 Å². The van der Waals surface area contributed by atoms with E-state index in [2.05, 4.69) is 10.8 Å². The van der Waals surface area contributed by atoms with Crippen molar-refractivity contribution in [2.24, 2.45) is 0 Å². The van der Waals surface area contributed by atoms with Crippen molar-refractivity contribution in [3.05, 3.63) is 34.5 Å². The number of hydrogen-bond acceptors (Lipinski definition) is 1. The molecule has 0 aromatic rings. The van der Waals surface area contributed by atoms with E-state index in [0.717, 1.165) is 0 Å². The number of thiol groups is 1. The molecular formula is C7H10OS. The van der Waals surface area contributed by atoms with Crippen molar-refractivity contribution in [3.8, 4) is 0 Å². The third kappa shape index (κ3) is 2.08. The Morgan fingerprint density at radius 3 is 2.56 bits per heavy atom. The molecule has 0 atom stereocenters. The second-order valence-electron chi connectivity index (χ2n) is 1.70. The summed E-state index contributed by atoms with van der Waals surface area (Å²) in [5.74, 6) is 0. The van der Waals surface area contributed by atoms with Crippen molar-refractivity contribution in [3.63, 3.8) is 0 Å². The van der Waals surface area contributed by atoms with E-state index in [1.165, 1.54) is 0 Å². The summed E-state index contributed by atoms with van der Waals surface area (Å²) < 4.78 is 0. The zero-order valence-corrected chi connectivity index (χ0v) is 5.96. The minimum absolute atomic E-state index is 0.153. The van der Waals surface area contributed by atoms with E-state index in [1.807, 2.05) is 17.6 Å². The van der Waals surface area contributed by atoms with Gasteiger partial charge in [-0.05, 0) is 16.2 Å². The summed E-state index contributed by atoms with van der Waals surface area (Å²) in [6.45, 7) is 0.153. The maximum absolute atomic E-state index is 8.40. The number of rotatable bonds is 2. The molecule has 2 heteroatoms. The van der Waals surface area contributed by atoms with Crippen molar-refractivity contribution in [1.29, 1.82) is 0 Å². The van der Waals surface area contributed by atoms with Crippen LogP contribution in [0.4, 0.5) is 0 Å². The van der Waals surface area contributed by atoms with Crippen LogP contribution in [0.3, 0.4) is 0 Å². The van der Waals surface area contributed by atoms with Gasteiger partial charge in [0, 0.05) is 0 Å². The van der Waals surface area contributed by atoms with Crippen molar-refractivity contribution < 1.29 is 5.11 Å². The molecular weight excluding hydrogens is 132 g/mol. The number of aliphatic hydroxyl groups is 1. The van der Waals surface area contributed by atoms with Gasteiger partial charge in [-0.25, -0.2) is 0 Å². The van der Waals surface area contributed by atoms with Gasteiger partial charge in [0.2, 0.25) is 0 Å². The lowest BCUT2D eigenvalue weighted by Gasteiger charge is -1.98. The highest BCUT2D eigenvalue weighted by Crippen LogP contribution is 2.33. The van der Waals surface area contributed by atoms with Crippen molar-refractivity contribution in [2.45, 2.75) is 0 Å². The molecule has 0 radical (unpaired) electrons. The lowest BCUT2D eigenvalue weighted by Crippen LogP contribution is -1.68. The van der Waals surface area contributed by atoms with Crippen LogP contribution in [0.2, 0.25) is 0 Å². The van der Waals surface area contributed by atoms with Gasteiger partial charge >= 0.3 is 0 Å². The predicted molar refractivity (Wildman–Crippen MR) is 43.5 cm³/mol. The summed E-state index contributed by atoms with van der Waals surface area (Å²) >= 11 is 0. The standard InChI is InChI=1S/C7H10OS/c8-4-3-7-9-5-1-2-6-9/h1-3,5-9H,4H2. The Morgan fingerprint density at radius 2 is 2.00 bits per heavy atom. The third-order valence-electron chi connectivity index (χ3n) is 1.01. The van der Waals surface area contributed by atoms with E-state index in [4.69, 9.17) is 5.11 Å². The Bertz CT molecular complexity index is 146. The highest BCUT2D eigenvalue weighted by molar-refractivity contribution is 8.24. The normalized spacial score (nSPS) is 20.3. The van der Waals surface area contributed by atoms with Gasteiger partial charge in [0.1, 0.15) is 0 Å². The molecule has 0 aromatic heterocycles. The fourth-order valence-corrected chi connectivity index (χ4v) is 1.85. The summed E-state index contributed by atoms with van der Waals surface area (Å²) in [5.41, 5.74) is 0. The van der Waals surface area contributed by atoms with Crippen LogP contribution >= 0.6 is 10.9 Å². The van der Waals surface area contributed by atoms with Gasteiger partial charge in [0.25, 0.3) is 0 Å². The van der Waals surface area contributed by atoms with E-state index in [-0.39, 0.29) is 17.5 Å². The van der Waals surface area contributed by atoms with Gasteiger partial charge < -0.3 is 5.11 Å². The molecule has 9 heavy (non-hydrogen) atoms. The molecule has 0 amide bonds. The van der Waals surface area contributed by atoms with E-state index >= 15 is 0 Å². The molecule has 1 aliphatic rings. The number of aliphatic hydroxyl groups excluding tert-OH is 1. The molecule has 0 saturated heterocycles. The molecule has 50 valence electrons. The maximum atomic E-state index is 8.40. The Kier molecular flexibility index (Phi) is 2.61. The molecule has 1 N–H and O–H groups in total. The summed E-state index contributed by atoms with van der Waals surface area (Å²) in [6.07, 6.45) is 5.85. The molecule has 1 rings (SSSR count). The van der Waals surface area contributed by atoms with E-state index in [1.54, 1.807) is 6.08 Å². The van der Waals surface area contributed by atoms with Crippen LogP contribution < -0.4 is 0 Å². The molecule has 0 saturated carbocycles. The van der Waals surface area contributed by atoms with Gasteiger partial charge in [-0.2, -0.15) is 10.9 Å². The number of allylic oxidation sites excluding steroid dienone is 2. The fraction of sp³-hybridized carbons (Fsp3) is 0.143. The first-order chi connectivity index (χ1) is 4.43.